The van der Waals surface area contributed by atoms with Gasteiger partial charge >= 0.3 is 5.97 Å². The molecular weight excluding hydrogens is 412 g/mol. The zero-order chi connectivity index (χ0) is 24.2. The Labute approximate surface area is 197 Å². The van der Waals surface area contributed by atoms with Gasteiger partial charge in [0.05, 0.1) is 12.5 Å². The molecule has 0 amide bonds. The predicted molar refractivity (Wildman–Crippen MR) is 134 cm³/mol. The molecule has 0 radical (unpaired) electrons. The van der Waals surface area contributed by atoms with Gasteiger partial charge in [0.1, 0.15) is 17.0 Å². The molecule has 0 N–H and O–H groups in total. The summed E-state index contributed by atoms with van der Waals surface area (Å²) in [4.78, 5) is 13.4. The fourth-order valence-electron chi connectivity index (χ4n) is 4.31. The topological polar surface area (TPSA) is 60.3 Å². The van der Waals surface area contributed by atoms with E-state index in [1.807, 2.05) is 68.5 Å². The number of allylic oxidation sites excluding steroid dienone is 2. The number of carbonyl (C=O) groups excluding carboxylic acids is 1. The Kier molecular flexibility index (Phi) is 7.41. The maximum atomic E-state index is 13.4. The zero-order valence-corrected chi connectivity index (χ0v) is 20.9. The largest absolute Gasteiger partial charge is 0.498 e. The molecule has 2 atom stereocenters. The lowest BCUT2D eigenvalue weighted by Gasteiger charge is -2.33. The molecule has 0 spiro atoms. The van der Waals surface area contributed by atoms with Crippen molar-refractivity contribution in [3.63, 3.8) is 0 Å². The third-order valence-corrected chi connectivity index (χ3v) is 6.66. The van der Waals surface area contributed by atoms with Crippen molar-refractivity contribution in [3.8, 4) is 5.75 Å². The maximum absolute atomic E-state index is 13.4. The molecule has 1 aliphatic carbocycles. The van der Waals surface area contributed by atoms with Crippen LogP contribution in [0.3, 0.4) is 0 Å². The number of fused-ring (bicyclic) bond motifs is 1. The first-order valence-electron chi connectivity index (χ1n) is 11.7. The number of benzene rings is 2. The summed E-state index contributed by atoms with van der Waals surface area (Å²) in [5.74, 6) is 1.45. The van der Waals surface area contributed by atoms with Crippen LogP contribution in [0.2, 0.25) is 0 Å². The van der Waals surface area contributed by atoms with Crippen LogP contribution < -0.4 is 4.74 Å². The summed E-state index contributed by atoms with van der Waals surface area (Å²) in [5.41, 5.74) is -0.657. The minimum Gasteiger partial charge on any atom is -0.498 e. The standard InChI is InChI=1S/C28H36N2O3/c1-19(2)18-27(5,20(3)4)26(31)33-23-16-15-21-12-8-9-13-22(21)25(23)29-30-28(6)17-11-10-14-24(28)32-7/h8-16,19-20H,17-18H2,1-7H3. The highest BCUT2D eigenvalue weighted by atomic mass is 16.5. The minimum absolute atomic E-state index is 0.139. The second kappa shape index (κ2) is 9.90. The zero-order valence-electron chi connectivity index (χ0n) is 20.9. The van der Waals surface area contributed by atoms with E-state index < -0.39 is 11.0 Å². The van der Waals surface area contributed by atoms with Crippen LogP contribution >= 0.6 is 0 Å². The van der Waals surface area contributed by atoms with Crippen LogP contribution in [0.4, 0.5) is 5.69 Å². The number of azo groups is 1. The van der Waals surface area contributed by atoms with Gasteiger partial charge in [-0.1, -0.05) is 70.2 Å². The van der Waals surface area contributed by atoms with Crippen molar-refractivity contribution in [1.29, 1.82) is 0 Å². The van der Waals surface area contributed by atoms with Gasteiger partial charge in [-0.3, -0.25) is 4.79 Å². The molecule has 2 aromatic rings. The molecule has 3 rings (SSSR count). The van der Waals surface area contributed by atoms with Crippen LogP contribution in [-0.4, -0.2) is 18.6 Å². The number of ether oxygens (including phenoxy) is 2. The molecule has 2 unspecified atom stereocenters. The van der Waals surface area contributed by atoms with Crippen LogP contribution in [0.15, 0.2) is 70.6 Å². The molecule has 33 heavy (non-hydrogen) atoms. The molecule has 0 heterocycles. The first-order valence-corrected chi connectivity index (χ1v) is 11.7. The molecule has 2 aromatic carbocycles. The van der Waals surface area contributed by atoms with Crippen LogP contribution in [0.25, 0.3) is 10.8 Å². The SMILES string of the molecule is COC1=CC=CCC1(C)N=Nc1c(OC(=O)C(C)(CC(C)C)C(C)C)ccc2ccccc12. The third kappa shape index (κ3) is 5.18. The van der Waals surface area contributed by atoms with E-state index in [9.17, 15) is 4.79 Å². The average molecular weight is 449 g/mol. The summed E-state index contributed by atoms with van der Waals surface area (Å²) in [6.45, 7) is 12.4. The van der Waals surface area contributed by atoms with E-state index in [-0.39, 0.29) is 11.9 Å². The number of nitrogens with zero attached hydrogens (tertiary/aromatic N) is 2. The van der Waals surface area contributed by atoms with E-state index in [2.05, 4.69) is 32.8 Å². The first kappa shape index (κ1) is 24.7. The van der Waals surface area contributed by atoms with Crippen molar-refractivity contribution in [2.45, 2.75) is 59.9 Å². The smallest absolute Gasteiger partial charge is 0.317 e. The highest BCUT2D eigenvalue weighted by molar-refractivity contribution is 5.96. The Morgan fingerprint density at radius 3 is 2.55 bits per heavy atom. The molecule has 0 fully saturated rings. The van der Waals surface area contributed by atoms with Crippen molar-refractivity contribution in [3.05, 3.63) is 60.4 Å². The van der Waals surface area contributed by atoms with Gasteiger partial charge in [-0.2, -0.15) is 10.2 Å². The summed E-state index contributed by atoms with van der Waals surface area (Å²) >= 11 is 0. The van der Waals surface area contributed by atoms with Gasteiger partial charge in [-0.25, -0.2) is 0 Å². The quantitative estimate of drug-likeness (QED) is 0.235. The lowest BCUT2D eigenvalue weighted by Crippen LogP contribution is -2.38. The van der Waals surface area contributed by atoms with E-state index in [4.69, 9.17) is 14.6 Å². The molecule has 5 heteroatoms. The Bertz CT molecular complexity index is 1100. The van der Waals surface area contributed by atoms with Crippen LogP contribution in [0, 0.1) is 17.3 Å². The number of rotatable bonds is 8. The van der Waals surface area contributed by atoms with Gasteiger partial charge in [-0.15, -0.1) is 0 Å². The molecule has 0 aliphatic heterocycles. The third-order valence-electron chi connectivity index (χ3n) is 6.66. The van der Waals surface area contributed by atoms with E-state index in [0.29, 0.717) is 23.8 Å². The van der Waals surface area contributed by atoms with E-state index in [1.54, 1.807) is 7.11 Å². The molecule has 0 saturated heterocycles. The number of esters is 1. The molecule has 1 aliphatic rings. The Balaban J connectivity index is 2.05. The fourth-order valence-corrected chi connectivity index (χ4v) is 4.31. The second-order valence-corrected chi connectivity index (χ2v) is 10.0. The van der Waals surface area contributed by atoms with E-state index in [0.717, 1.165) is 23.0 Å². The van der Waals surface area contributed by atoms with Gasteiger partial charge in [-0.05, 0) is 56.1 Å². The summed E-state index contributed by atoms with van der Waals surface area (Å²) in [7, 11) is 1.64. The summed E-state index contributed by atoms with van der Waals surface area (Å²) in [5, 5.41) is 11.3. The van der Waals surface area contributed by atoms with E-state index >= 15 is 0 Å². The molecule has 0 aromatic heterocycles. The van der Waals surface area contributed by atoms with Gasteiger partial charge in [0.2, 0.25) is 0 Å². The Morgan fingerprint density at radius 1 is 1.15 bits per heavy atom. The second-order valence-electron chi connectivity index (χ2n) is 10.0. The number of methoxy groups -OCH3 is 1. The summed E-state index contributed by atoms with van der Waals surface area (Å²) in [6.07, 6.45) is 7.34. The van der Waals surface area contributed by atoms with Gasteiger partial charge in [0.25, 0.3) is 0 Å². The predicted octanol–water partition coefficient (Wildman–Crippen LogP) is 7.79. The molecule has 0 bridgehead atoms. The summed E-state index contributed by atoms with van der Waals surface area (Å²) in [6, 6.07) is 11.7. The fraction of sp³-hybridized carbons (Fsp3) is 0.464. The van der Waals surface area contributed by atoms with Gasteiger partial charge in [0.15, 0.2) is 5.75 Å². The number of carbonyl (C=O) groups is 1. The number of hydrogen-bond donors (Lipinski definition) is 0. The molecule has 5 nitrogen and oxygen atoms in total. The average Bonchev–Trinajstić information content (AvgIpc) is 2.77. The molecular formula is C28H36N2O3. The lowest BCUT2D eigenvalue weighted by atomic mass is 9.73. The van der Waals surface area contributed by atoms with Crippen LogP contribution in [-0.2, 0) is 9.53 Å². The highest BCUT2D eigenvalue weighted by Gasteiger charge is 2.39. The van der Waals surface area contributed by atoms with Crippen molar-refractivity contribution < 1.29 is 14.3 Å². The molecule has 0 saturated carbocycles. The van der Waals surface area contributed by atoms with Gasteiger partial charge < -0.3 is 9.47 Å². The first-order chi connectivity index (χ1) is 15.6. The Morgan fingerprint density at radius 2 is 1.88 bits per heavy atom. The highest BCUT2D eigenvalue weighted by Crippen LogP contribution is 2.41. The van der Waals surface area contributed by atoms with Crippen molar-refractivity contribution in [2.75, 3.05) is 7.11 Å². The van der Waals surface area contributed by atoms with Crippen molar-refractivity contribution in [2.24, 2.45) is 27.5 Å². The van der Waals surface area contributed by atoms with Crippen molar-refractivity contribution in [1.82, 2.24) is 0 Å². The van der Waals surface area contributed by atoms with Crippen LogP contribution in [0.5, 0.6) is 5.75 Å². The van der Waals surface area contributed by atoms with Gasteiger partial charge in [0, 0.05) is 5.39 Å². The minimum atomic E-state index is -0.619. The number of hydrogen-bond acceptors (Lipinski definition) is 5. The van der Waals surface area contributed by atoms with Crippen LogP contribution in [0.1, 0.15) is 54.4 Å². The van der Waals surface area contributed by atoms with Crippen molar-refractivity contribution >= 4 is 22.4 Å². The maximum Gasteiger partial charge on any atom is 0.317 e. The lowest BCUT2D eigenvalue weighted by molar-refractivity contribution is -0.148. The Hall–Kier alpha value is -2.95. The van der Waals surface area contributed by atoms with E-state index in [1.165, 1.54) is 0 Å². The molecule has 176 valence electrons. The monoisotopic (exact) mass is 448 g/mol. The normalized spacial score (nSPS) is 20.3. The summed E-state index contributed by atoms with van der Waals surface area (Å²) < 4.78 is 11.6.